The van der Waals surface area contributed by atoms with Gasteiger partial charge in [-0.15, -0.1) is 0 Å². The predicted molar refractivity (Wildman–Crippen MR) is 278 cm³/mol. The molecule has 0 aliphatic rings. The molecule has 65 heavy (non-hydrogen) atoms. The minimum atomic E-state index is -1.20. The molecule has 0 saturated heterocycles. The molecular weight excluding hydrogens is 993 g/mol. The smallest absolute Gasteiger partial charge is 0.309 e. The summed E-state index contributed by atoms with van der Waals surface area (Å²) in [6.07, 6.45) is 14.1. The molecule has 0 spiro atoms. The Hall–Kier alpha value is 1.86. The summed E-state index contributed by atoms with van der Waals surface area (Å²) in [6.45, 7) is 49.8. The van der Waals surface area contributed by atoms with Gasteiger partial charge in [-0.25, -0.2) is 0 Å². The van der Waals surface area contributed by atoms with Crippen LogP contribution in [0.3, 0.4) is 0 Å². The van der Waals surface area contributed by atoms with Crippen molar-refractivity contribution in [1.29, 1.82) is 0 Å². The van der Waals surface area contributed by atoms with Crippen molar-refractivity contribution >= 4 is 34.4 Å². The molecule has 0 aromatic heterocycles. The molecule has 0 N–H and O–H groups in total. The molecular formula is C48H108O12P4Ru. The van der Waals surface area contributed by atoms with Gasteiger partial charge in [-0.2, -0.15) is 0 Å². The van der Waals surface area contributed by atoms with Crippen LogP contribution >= 0.6 is 34.4 Å². The zero-order valence-electron chi connectivity index (χ0n) is 46.5. The molecule has 0 radical (unpaired) electrons. The minimum absolute atomic E-state index is 0. The van der Waals surface area contributed by atoms with Crippen LogP contribution in [0.15, 0.2) is 0 Å². The van der Waals surface area contributed by atoms with Crippen molar-refractivity contribution in [3.05, 3.63) is 0 Å². The van der Waals surface area contributed by atoms with E-state index in [1.54, 1.807) is 0 Å². The molecule has 0 heterocycles. The quantitative estimate of drug-likeness (QED) is 0.0440. The number of rotatable bonds is 36. The molecule has 0 bridgehead atoms. The summed E-state index contributed by atoms with van der Waals surface area (Å²) in [5.74, 6) is 0. The second kappa shape index (κ2) is 50.8. The molecule has 0 saturated carbocycles. The van der Waals surface area contributed by atoms with Crippen LogP contribution in [-0.2, 0) is 73.8 Å². The maximum absolute atomic E-state index is 5.76. The summed E-state index contributed by atoms with van der Waals surface area (Å²) in [5.41, 5.74) is 0. The van der Waals surface area contributed by atoms with E-state index in [0.717, 1.165) is 77.0 Å². The SMILES string of the molecule is CCC(C)OP(OC(C)CC)OC(C)CC.CCC(C)OP(OC(C)CC)OC(C)CC.CCC(C)OP(OC(C)CC)OC(C)CC.CCC(C)OP(OC(C)CC)OC(C)CC.[Ru]. The first-order chi connectivity index (χ1) is 30.1. The van der Waals surface area contributed by atoms with Gasteiger partial charge in [0.25, 0.3) is 0 Å². The van der Waals surface area contributed by atoms with Gasteiger partial charge in [0.15, 0.2) is 0 Å². The molecule has 0 aliphatic heterocycles. The normalized spacial score (nSPS) is 18.8. The van der Waals surface area contributed by atoms with Gasteiger partial charge in [0.05, 0.1) is 73.2 Å². The number of hydrogen-bond donors (Lipinski definition) is 0. The number of hydrogen-bond acceptors (Lipinski definition) is 12. The van der Waals surface area contributed by atoms with Crippen LogP contribution in [0.2, 0.25) is 0 Å². The standard InChI is InChI=1S/4C12H27O3P.Ru/c4*1-7-10(4)13-16(14-11(5)8-2)15-12(6)9-3;/h4*10-12H,7-9H2,1-6H3;. The third-order valence-electron chi connectivity index (χ3n) is 10.1. The van der Waals surface area contributed by atoms with E-state index >= 15 is 0 Å². The summed E-state index contributed by atoms with van der Waals surface area (Å²) < 4.78 is 69.2. The average molecular weight is 1100 g/mol. The third kappa shape index (κ3) is 49.2. The summed E-state index contributed by atoms with van der Waals surface area (Å²) in [5, 5.41) is 0. The Kier molecular flexibility index (Phi) is 59.2. The zero-order valence-corrected chi connectivity index (χ0v) is 51.8. The van der Waals surface area contributed by atoms with Crippen molar-refractivity contribution in [2.24, 2.45) is 0 Å². The third-order valence-corrected chi connectivity index (χ3v) is 16.5. The fraction of sp³-hybridized carbons (Fsp3) is 1.00. The Labute approximate surface area is 422 Å². The second-order valence-corrected chi connectivity index (χ2v) is 21.1. The van der Waals surface area contributed by atoms with Gasteiger partial charge in [0, 0.05) is 19.5 Å². The van der Waals surface area contributed by atoms with E-state index in [4.69, 9.17) is 54.3 Å². The maximum atomic E-state index is 5.76. The van der Waals surface area contributed by atoms with Gasteiger partial charge >= 0.3 is 34.4 Å². The van der Waals surface area contributed by atoms with Gasteiger partial charge < -0.3 is 54.3 Å². The van der Waals surface area contributed by atoms with Crippen molar-refractivity contribution in [2.75, 3.05) is 0 Å². The predicted octanol–water partition coefficient (Wildman–Crippen LogP) is 18.6. The van der Waals surface area contributed by atoms with Crippen LogP contribution in [0, 0.1) is 0 Å². The van der Waals surface area contributed by atoms with E-state index in [-0.39, 0.29) is 92.7 Å². The van der Waals surface area contributed by atoms with Crippen molar-refractivity contribution < 1.29 is 73.8 Å². The first kappa shape index (κ1) is 75.8. The molecule has 0 amide bonds. The van der Waals surface area contributed by atoms with Gasteiger partial charge in [-0.1, -0.05) is 83.1 Å². The molecule has 0 rings (SSSR count). The van der Waals surface area contributed by atoms with Gasteiger partial charge in [0.1, 0.15) is 0 Å². The monoisotopic (exact) mass is 1100 g/mol. The van der Waals surface area contributed by atoms with Crippen LogP contribution in [0.5, 0.6) is 0 Å². The molecule has 400 valence electrons. The summed E-state index contributed by atoms with van der Waals surface area (Å²) in [6, 6.07) is 0. The molecule has 0 aliphatic carbocycles. The van der Waals surface area contributed by atoms with Crippen LogP contribution in [0.1, 0.15) is 243 Å². The summed E-state index contributed by atoms with van der Waals surface area (Å²) in [4.78, 5) is 0. The van der Waals surface area contributed by atoms with Crippen molar-refractivity contribution in [3.63, 3.8) is 0 Å². The van der Waals surface area contributed by atoms with Crippen LogP contribution in [0.25, 0.3) is 0 Å². The van der Waals surface area contributed by atoms with E-state index < -0.39 is 34.4 Å². The molecule has 12 atom stereocenters. The van der Waals surface area contributed by atoms with Crippen molar-refractivity contribution in [3.8, 4) is 0 Å². The topological polar surface area (TPSA) is 111 Å². The van der Waals surface area contributed by atoms with E-state index in [1.165, 1.54) is 0 Å². The first-order valence-corrected chi connectivity index (χ1v) is 29.7. The van der Waals surface area contributed by atoms with E-state index in [0.29, 0.717) is 0 Å². The molecule has 0 aromatic rings. The van der Waals surface area contributed by atoms with E-state index in [2.05, 4.69) is 166 Å². The van der Waals surface area contributed by atoms with Crippen molar-refractivity contribution in [2.45, 2.75) is 316 Å². The molecule has 17 heteroatoms. The Morgan fingerprint density at radius 3 is 0.292 bits per heavy atom. The fourth-order valence-electron chi connectivity index (χ4n) is 2.96. The summed E-state index contributed by atoms with van der Waals surface area (Å²) >= 11 is 0. The molecule has 12 unspecified atom stereocenters. The average Bonchev–Trinajstić information content (AvgIpc) is 3.28. The van der Waals surface area contributed by atoms with Gasteiger partial charge in [-0.05, 0) is 160 Å². The molecule has 0 fully saturated rings. The minimum Gasteiger partial charge on any atom is -0.309 e. The van der Waals surface area contributed by atoms with Gasteiger partial charge in [0.2, 0.25) is 0 Å². The maximum Gasteiger partial charge on any atom is 0.333 e. The first-order valence-electron chi connectivity index (χ1n) is 25.3. The van der Waals surface area contributed by atoms with Crippen LogP contribution in [-0.4, -0.2) is 73.2 Å². The Balaban J connectivity index is -0.000000245. The fourth-order valence-corrected chi connectivity index (χ4v) is 8.87. The molecule has 0 aromatic carbocycles. The largest absolute Gasteiger partial charge is 0.333 e. The van der Waals surface area contributed by atoms with Crippen LogP contribution in [0.4, 0.5) is 0 Å². The van der Waals surface area contributed by atoms with Gasteiger partial charge in [-0.3, -0.25) is 0 Å². The van der Waals surface area contributed by atoms with E-state index in [9.17, 15) is 0 Å². The summed E-state index contributed by atoms with van der Waals surface area (Å²) in [7, 11) is -4.79. The Morgan fingerprint density at radius 1 is 0.185 bits per heavy atom. The van der Waals surface area contributed by atoms with E-state index in [1.807, 2.05) is 0 Å². The zero-order chi connectivity index (χ0) is 50.2. The molecule has 12 nitrogen and oxygen atoms in total. The second-order valence-electron chi connectivity index (χ2n) is 16.8. The van der Waals surface area contributed by atoms with Crippen molar-refractivity contribution in [1.82, 2.24) is 0 Å². The Bertz CT molecular complexity index is 703. The van der Waals surface area contributed by atoms with Crippen LogP contribution < -0.4 is 0 Å². The Morgan fingerprint density at radius 2 is 0.246 bits per heavy atom.